The summed E-state index contributed by atoms with van der Waals surface area (Å²) in [4.78, 5) is 25.8. The summed E-state index contributed by atoms with van der Waals surface area (Å²) in [5.74, 6) is -3.57. The summed E-state index contributed by atoms with van der Waals surface area (Å²) in [6.45, 7) is 1.79. The lowest BCUT2D eigenvalue weighted by Gasteiger charge is -2.18. The van der Waals surface area contributed by atoms with Gasteiger partial charge in [0, 0.05) is 55.4 Å². The molecule has 0 aliphatic carbocycles. The number of halogens is 3. The van der Waals surface area contributed by atoms with Gasteiger partial charge >= 0.3 is 0 Å². The van der Waals surface area contributed by atoms with Crippen LogP contribution >= 0.6 is 0 Å². The van der Waals surface area contributed by atoms with Crippen molar-refractivity contribution in [1.29, 1.82) is 0 Å². The minimum Gasteiger partial charge on any atom is -0.497 e. The Hall–Kier alpha value is -2.77. The molecule has 1 amide bonds. The molecule has 0 radical (unpaired) electrons. The molecule has 5 nitrogen and oxygen atoms in total. The fourth-order valence-corrected chi connectivity index (χ4v) is 3.22. The first-order valence-electron chi connectivity index (χ1n) is 8.09. The Bertz CT molecular complexity index is 903. The van der Waals surface area contributed by atoms with Gasteiger partial charge < -0.3 is 14.2 Å². The number of aryl methyl sites for hydroxylation is 1. The van der Waals surface area contributed by atoms with Crippen molar-refractivity contribution in [2.75, 3.05) is 18.6 Å². The quantitative estimate of drug-likeness (QED) is 0.836. The van der Waals surface area contributed by atoms with Crippen LogP contribution in [0.25, 0.3) is 0 Å². The van der Waals surface area contributed by atoms with E-state index in [-0.39, 0.29) is 36.5 Å². The first-order valence-corrected chi connectivity index (χ1v) is 8.09. The molecule has 8 heteroatoms. The van der Waals surface area contributed by atoms with E-state index in [1.54, 1.807) is 6.92 Å². The van der Waals surface area contributed by atoms with Crippen LogP contribution < -0.4 is 15.2 Å². The third-order valence-corrected chi connectivity index (χ3v) is 4.49. The lowest BCUT2D eigenvalue weighted by atomic mass is 9.97. The maximum atomic E-state index is 14.3. The number of rotatable bonds is 4. The zero-order valence-electron chi connectivity index (χ0n) is 14.3. The van der Waals surface area contributed by atoms with Crippen molar-refractivity contribution >= 4 is 11.6 Å². The van der Waals surface area contributed by atoms with Crippen molar-refractivity contribution < 1.29 is 22.7 Å². The van der Waals surface area contributed by atoms with Crippen LogP contribution in [0, 0.1) is 17.5 Å². The number of aromatic nitrogens is 1. The van der Waals surface area contributed by atoms with Gasteiger partial charge in [-0.1, -0.05) is 0 Å². The van der Waals surface area contributed by atoms with E-state index >= 15 is 0 Å². The number of benzene rings is 1. The molecule has 1 aliphatic heterocycles. The van der Waals surface area contributed by atoms with Gasteiger partial charge in [-0.05, 0) is 6.92 Å². The average Bonchev–Trinajstić information content (AvgIpc) is 2.96. The van der Waals surface area contributed by atoms with Crippen molar-refractivity contribution in [3.63, 3.8) is 0 Å². The SMILES string of the molecule is CCn1cc(F)cc(N2CC(c3c(F)cc(OC)cc3F)CC2=O)c1=O. The zero-order valence-corrected chi connectivity index (χ0v) is 14.3. The van der Waals surface area contributed by atoms with E-state index in [4.69, 9.17) is 4.74 Å². The predicted molar refractivity (Wildman–Crippen MR) is 89.0 cm³/mol. The number of ether oxygens (including phenoxy) is 1. The molecule has 3 rings (SSSR count). The number of amides is 1. The Morgan fingerprint density at radius 3 is 2.38 bits per heavy atom. The number of carbonyl (C=O) groups is 1. The average molecular weight is 366 g/mol. The monoisotopic (exact) mass is 366 g/mol. The van der Waals surface area contributed by atoms with E-state index in [0.29, 0.717) is 0 Å². The van der Waals surface area contributed by atoms with Gasteiger partial charge in [-0.15, -0.1) is 0 Å². The molecule has 1 unspecified atom stereocenters. The Morgan fingerprint density at radius 1 is 1.15 bits per heavy atom. The Kier molecular flexibility index (Phi) is 4.76. The van der Waals surface area contributed by atoms with Crippen LogP contribution in [0.2, 0.25) is 0 Å². The summed E-state index contributed by atoms with van der Waals surface area (Å²) >= 11 is 0. The maximum absolute atomic E-state index is 14.3. The molecular weight excluding hydrogens is 349 g/mol. The number of carbonyl (C=O) groups excluding carboxylic acids is 1. The van der Waals surface area contributed by atoms with Crippen LogP contribution in [0.1, 0.15) is 24.8 Å². The smallest absolute Gasteiger partial charge is 0.274 e. The van der Waals surface area contributed by atoms with E-state index in [1.807, 2.05) is 0 Å². The first kappa shape index (κ1) is 18.0. The van der Waals surface area contributed by atoms with Crippen molar-refractivity contribution in [2.45, 2.75) is 25.8 Å². The number of anilines is 1. The molecule has 0 N–H and O–H groups in total. The molecule has 1 aliphatic rings. The third-order valence-electron chi connectivity index (χ3n) is 4.49. The second-order valence-corrected chi connectivity index (χ2v) is 6.04. The molecule has 1 aromatic heterocycles. The summed E-state index contributed by atoms with van der Waals surface area (Å²) in [6, 6.07) is 3.05. The van der Waals surface area contributed by atoms with Gasteiger partial charge in [-0.2, -0.15) is 0 Å². The standard InChI is InChI=1S/C18H17F3N2O3/c1-3-22-9-11(19)5-15(18(22)25)23-8-10(4-16(23)24)17-13(20)6-12(26-2)7-14(17)21/h5-7,9-10H,3-4,8H2,1-2H3. The molecule has 138 valence electrons. The van der Waals surface area contributed by atoms with Crippen molar-refractivity contribution in [2.24, 2.45) is 0 Å². The predicted octanol–water partition coefficient (Wildman–Crippen LogP) is 2.81. The van der Waals surface area contributed by atoms with Gasteiger partial charge in [0.15, 0.2) is 0 Å². The van der Waals surface area contributed by atoms with E-state index in [1.165, 1.54) is 7.11 Å². The summed E-state index contributed by atoms with van der Waals surface area (Å²) in [7, 11) is 1.29. The van der Waals surface area contributed by atoms with Gasteiger partial charge in [0.1, 0.15) is 28.9 Å². The number of hydrogen-bond acceptors (Lipinski definition) is 3. The largest absolute Gasteiger partial charge is 0.497 e. The van der Waals surface area contributed by atoms with Crippen molar-refractivity contribution in [3.8, 4) is 5.75 Å². The van der Waals surface area contributed by atoms with E-state index in [0.717, 1.165) is 33.9 Å². The third kappa shape index (κ3) is 3.07. The Labute approximate surface area is 147 Å². The fourth-order valence-electron chi connectivity index (χ4n) is 3.22. The number of nitrogens with zero attached hydrogens (tertiary/aromatic N) is 2. The van der Waals surface area contributed by atoms with Crippen LogP contribution in [0.3, 0.4) is 0 Å². The molecule has 0 saturated carbocycles. The molecule has 0 bridgehead atoms. The van der Waals surface area contributed by atoms with Gasteiger partial charge in [0.05, 0.1) is 7.11 Å². The Morgan fingerprint density at radius 2 is 1.81 bits per heavy atom. The van der Waals surface area contributed by atoms with Crippen LogP contribution in [-0.4, -0.2) is 24.1 Å². The fraction of sp³-hybridized carbons (Fsp3) is 0.333. The molecule has 0 spiro atoms. The minimum absolute atomic E-state index is 0.0286. The summed E-state index contributed by atoms with van der Waals surface area (Å²) < 4.78 is 48.3. The van der Waals surface area contributed by atoms with Crippen LogP contribution in [0.4, 0.5) is 18.9 Å². The lowest BCUT2D eigenvalue weighted by molar-refractivity contribution is -0.117. The zero-order chi connectivity index (χ0) is 19.0. The highest BCUT2D eigenvalue weighted by atomic mass is 19.1. The van der Waals surface area contributed by atoms with E-state index in [2.05, 4.69) is 0 Å². The van der Waals surface area contributed by atoms with E-state index in [9.17, 15) is 22.8 Å². The highest BCUT2D eigenvalue weighted by Crippen LogP contribution is 2.35. The van der Waals surface area contributed by atoms with Gasteiger partial charge in [0.25, 0.3) is 5.56 Å². The number of hydrogen-bond donors (Lipinski definition) is 0. The van der Waals surface area contributed by atoms with Crippen molar-refractivity contribution in [3.05, 3.63) is 57.8 Å². The second-order valence-electron chi connectivity index (χ2n) is 6.04. The number of methoxy groups -OCH3 is 1. The molecule has 1 fully saturated rings. The molecule has 1 aromatic carbocycles. The highest BCUT2D eigenvalue weighted by molar-refractivity contribution is 5.96. The van der Waals surface area contributed by atoms with Crippen LogP contribution in [0.5, 0.6) is 5.75 Å². The topological polar surface area (TPSA) is 51.5 Å². The van der Waals surface area contributed by atoms with Gasteiger partial charge in [-0.25, -0.2) is 13.2 Å². The molecule has 1 saturated heterocycles. The molecule has 1 atom stereocenters. The van der Waals surface area contributed by atoms with Crippen LogP contribution in [-0.2, 0) is 11.3 Å². The molecule has 2 aromatic rings. The van der Waals surface area contributed by atoms with Gasteiger partial charge in [-0.3, -0.25) is 9.59 Å². The summed E-state index contributed by atoms with van der Waals surface area (Å²) in [5.41, 5.74) is -0.902. The summed E-state index contributed by atoms with van der Waals surface area (Å²) in [6.07, 6.45) is 0.870. The number of pyridine rings is 1. The second kappa shape index (κ2) is 6.86. The molecular formula is C18H17F3N2O3. The lowest BCUT2D eigenvalue weighted by Crippen LogP contribution is -2.33. The first-order chi connectivity index (χ1) is 12.3. The highest BCUT2D eigenvalue weighted by Gasteiger charge is 2.36. The van der Waals surface area contributed by atoms with Crippen LogP contribution in [0.15, 0.2) is 29.2 Å². The maximum Gasteiger partial charge on any atom is 0.274 e. The van der Waals surface area contributed by atoms with E-state index < -0.39 is 34.8 Å². The summed E-state index contributed by atoms with van der Waals surface area (Å²) in [5, 5.41) is 0. The molecule has 2 heterocycles. The van der Waals surface area contributed by atoms with Gasteiger partial charge in [0.2, 0.25) is 5.91 Å². The minimum atomic E-state index is -0.827. The Balaban J connectivity index is 1.98. The normalized spacial score (nSPS) is 17.0. The van der Waals surface area contributed by atoms with Crippen molar-refractivity contribution in [1.82, 2.24) is 4.57 Å². The molecule has 26 heavy (non-hydrogen) atoms.